The van der Waals surface area contributed by atoms with Gasteiger partial charge in [-0.25, -0.2) is 19.3 Å². The predicted octanol–water partition coefficient (Wildman–Crippen LogP) is 4.11. The number of methoxy groups -OCH3 is 1. The maximum absolute atomic E-state index is 14.2. The minimum absolute atomic E-state index is 0.211. The van der Waals surface area contributed by atoms with E-state index in [4.69, 9.17) is 19.2 Å². The lowest BCUT2D eigenvalue weighted by molar-refractivity contribution is 0.0272. The smallest absolute Gasteiger partial charge is 0.274 e. The molecule has 3 aromatic heterocycles. The Morgan fingerprint density at radius 1 is 1.09 bits per heavy atom. The van der Waals surface area contributed by atoms with Gasteiger partial charge in [0.1, 0.15) is 17.2 Å². The van der Waals surface area contributed by atoms with Gasteiger partial charge in [0.2, 0.25) is 0 Å². The molecule has 0 bridgehead atoms. The SMILES string of the molecule is CCc1cc(O)c(F)cc1-c1ccc2c(-c3nc4c([nH]3)CN(C(=O)c3cnc(NCCOCCOCCOC)cn3)CC4)n[nH]c2c1. The molecule has 2 aromatic carbocycles. The number of hydrogen-bond donors (Lipinski definition) is 4. The standard InChI is InChI=1S/C33H37FN8O5/c1-3-20-15-29(43)24(34)16-23(20)21-4-5-22-26(14-21)40-41-31(22)32-38-25-6-8-42(19-28(25)39-32)33(44)27-17-37-30(18-36-27)35-7-9-46-12-13-47-11-10-45-2/h4-5,14-18,43H,3,6-13,19H2,1-2H3,(H,35,37)(H,38,39)(H,40,41). The van der Waals surface area contributed by atoms with Gasteiger partial charge in [0.15, 0.2) is 17.4 Å². The number of benzene rings is 2. The number of aromatic amines is 2. The first-order valence-electron chi connectivity index (χ1n) is 15.5. The molecule has 0 atom stereocenters. The lowest BCUT2D eigenvalue weighted by atomic mass is 9.96. The van der Waals surface area contributed by atoms with Crippen LogP contribution in [0.2, 0.25) is 0 Å². The summed E-state index contributed by atoms with van der Waals surface area (Å²) >= 11 is 0. The van der Waals surface area contributed by atoms with Crippen LogP contribution in [0.1, 0.15) is 34.4 Å². The number of phenolic OH excluding ortho intramolecular Hbond substituents is 1. The minimum Gasteiger partial charge on any atom is -0.505 e. The number of halogens is 1. The highest BCUT2D eigenvalue weighted by molar-refractivity contribution is 5.94. The molecule has 0 saturated heterocycles. The van der Waals surface area contributed by atoms with Crippen LogP contribution in [0.5, 0.6) is 5.75 Å². The van der Waals surface area contributed by atoms with E-state index in [-0.39, 0.29) is 17.4 Å². The number of carbonyl (C=O) groups excluding carboxylic acids is 1. The Balaban J connectivity index is 1.06. The monoisotopic (exact) mass is 644 g/mol. The molecule has 0 saturated carbocycles. The molecule has 0 aliphatic carbocycles. The van der Waals surface area contributed by atoms with Crippen LogP contribution in [0.15, 0.2) is 42.7 Å². The zero-order valence-corrected chi connectivity index (χ0v) is 26.3. The maximum atomic E-state index is 14.2. The number of phenols is 1. The van der Waals surface area contributed by atoms with Gasteiger partial charge in [-0.3, -0.25) is 9.89 Å². The molecule has 6 rings (SSSR count). The van der Waals surface area contributed by atoms with Crippen molar-refractivity contribution in [3.8, 4) is 28.4 Å². The molecule has 14 heteroatoms. The number of aryl methyl sites for hydroxylation is 1. The van der Waals surface area contributed by atoms with Crippen LogP contribution < -0.4 is 5.32 Å². The van der Waals surface area contributed by atoms with Crippen molar-refractivity contribution in [1.82, 2.24) is 35.0 Å². The number of amides is 1. The van der Waals surface area contributed by atoms with Gasteiger partial charge in [0.25, 0.3) is 5.91 Å². The van der Waals surface area contributed by atoms with Crippen molar-refractivity contribution in [3.63, 3.8) is 0 Å². The number of ether oxygens (including phenoxy) is 3. The van der Waals surface area contributed by atoms with Gasteiger partial charge in [0.05, 0.1) is 68.9 Å². The number of anilines is 1. The predicted molar refractivity (Wildman–Crippen MR) is 173 cm³/mol. The summed E-state index contributed by atoms with van der Waals surface area (Å²) in [7, 11) is 1.63. The van der Waals surface area contributed by atoms with Gasteiger partial charge < -0.3 is 34.5 Å². The first-order valence-corrected chi connectivity index (χ1v) is 15.5. The molecule has 0 spiro atoms. The van der Waals surface area contributed by atoms with E-state index in [2.05, 4.69) is 30.5 Å². The first-order chi connectivity index (χ1) is 22.9. The van der Waals surface area contributed by atoms with Gasteiger partial charge in [-0.2, -0.15) is 5.10 Å². The van der Waals surface area contributed by atoms with Gasteiger partial charge in [0, 0.05) is 32.0 Å². The topological polar surface area (TPSA) is 163 Å². The Morgan fingerprint density at radius 2 is 1.91 bits per heavy atom. The first kappa shape index (κ1) is 32.0. The number of H-pyrrole nitrogens is 2. The minimum atomic E-state index is -0.661. The summed E-state index contributed by atoms with van der Waals surface area (Å²) in [4.78, 5) is 31.8. The highest BCUT2D eigenvalue weighted by Crippen LogP contribution is 2.34. The molecule has 1 aliphatic rings. The summed E-state index contributed by atoms with van der Waals surface area (Å²) < 4.78 is 30.0. The molecule has 1 amide bonds. The fourth-order valence-electron chi connectivity index (χ4n) is 5.52. The third-order valence-electron chi connectivity index (χ3n) is 8.00. The van der Waals surface area contributed by atoms with Crippen molar-refractivity contribution in [2.45, 2.75) is 26.3 Å². The van der Waals surface area contributed by atoms with Gasteiger partial charge in [-0.1, -0.05) is 13.0 Å². The molecule has 1 aliphatic heterocycles. The maximum Gasteiger partial charge on any atom is 0.274 e. The molecular weight excluding hydrogens is 607 g/mol. The van der Waals surface area contributed by atoms with Crippen LogP contribution in [0, 0.1) is 5.82 Å². The summed E-state index contributed by atoms with van der Waals surface area (Å²) in [6.07, 6.45) is 4.25. The van der Waals surface area contributed by atoms with Crippen molar-refractivity contribution < 1.29 is 28.5 Å². The second-order valence-electron chi connectivity index (χ2n) is 11.1. The number of aromatic nitrogens is 6. The Kier molecular flexibility index (Phi) is 10.00. The highest BCUT2D eigenvalue weighted by atomic mass is 19.1. The average molecular weight is 645 g/mol. The van der Waals surface area contributed by atoms with E-state index in [1.807, 2.05) is 25.1 Å². The fourth-order valence-corrected chi connectivity index (χ4v) is 5.52. The molecule has 246 valence electrons. The summed E-state index contributed by atoms with van der Waals surface area (Å²) in [5.74, 6) is -0.0694. The van der Waals surface area contributed by atoms with Crippen LogP contribution in [0.25, 0.3) is 33.5 Å². The second-order valence-corrected chi connectivity index (χ2v) is 11.1. The lowest BCUT2D eigenvalue weighted by Crippen LogP contribution is -2.36. The van der Waals surface area contributed by atoms with Crippen LogP contribution in [0.4, 0.5) is 10.2 Å². The third-order valence-corrected chi connectivity index (χ3v) is 8.00. The molecular formula is C33H37FN8O5. The largest absolute Gasteiger partial charge is 0.505 e. The van der Waals surface area contributed by atoms with E-state index in [9.17, 15) is 14.3 Å². The van der Waals surface area contributed by atoms with Crippen LogP contribution in [-0.4, -0.2) is 99.3 Å². The van der Waals surface area contributed by atoms with E-state index < -0.39 is 5.82 Å². The number of hydrogen-bond acceptors (Lipinski definition) is 10. The van der Waals surface area contributed by atoms with Crippen molar-refractivity contribution in [1.29, 1.82) is 0 Å². The Labute approximate surface area is 270 Å². The summed E-state index contributed by atoms with van der Waals surface area (Å²) in [5.41, 5.74) is 5.79. The zero-order valence-electron chi connectivity index (χ0n) is 26.3. The number of rotatable bonds is 14. The molecule has 13 nitrogen and oxygen atoms in total. The highest BCUT2D eigenvalue weighted by Gasteiger charge is 2.27. The van der Waals surface area contributed by atoms with Crippen LogP contribution in [-0.2, 0) is 33.6 Å². The Morgan fingerprint density at radius 3 is 2.70 bits per heavy atom. The van der Waals surface area contributed by atoms with E-state index in [1.165, 1.54) is 18.3 Å². The fraction of sp³-hybridized carbons (Fsp3) is 0.364. The second kappa shape index (κ2) is 14.7. The molecule has 0 fully saturated rings. The normalized spacial score (nSPS) is 12.9. The Bertz CT molecular complexity index is 1840. The Hall–Kier alpha value is -4.92. The number of imidazole rings is 1. The van der Waals surface area contributed by atoms with Crippen molar-refractivity contribution >= 4 is 22.6 Å². The molecule has 47 heavy (non-hydrogen) atoms. The molecule has 0 unspecified atom stereocenters. The van der Waals surface area contributed by atoms with Crippen molar-refractivity contribution in [2.75, 3.05) is 58.6 Å². The molecule has 4 heterocycles. The van der Waals surface area contributed by atoms with E-state index in [1.54, 1.807) is 18.2 Å². The summed E-state index contributed by atoms with van der Waals surface area (Å²) in [6, 6.07) is 8.58. The van der Waals surface area contributed by atoms with Crippen LogP contribution >= 0.6 is 0 Å². The van der Waals surface area contributed by atoms with Crippen molar-refractivity contribution in [3.05, 3.63) is 71.2 Å². The zero-order chi connectivity index (χ0) is 32.8. The lowest BCUT2D eigenvalue weighted by Gasteiger charge is -2.25. The molecule has 0 radical (unpaired) electrons. The molecule has 5 aromatic rings. The van der Waals surface area contributed by atoms with Gasteiger partial charge >= 0.3 is 0 Å². The molecule has 4 N–H and O–H groups in total. The number of aromatic hydroxyl groups is 1. The average Bonchev–Trinajstić information content (AvgIpc) is 3.72. The van der Waals surface area contributed by atoms with Gasteiger partial charge in [-0.05, 0) is 47.4 Å². The quantitative estimate of drug-likeness (QED) is 0.129. The van der Waals surface area contributed by atoms with E-state index >= 15 is 0 Å². The van der Waals surface area contributed by atoms with E-state index in [0.717, 1.165) is 39.0 Å². The van der Waals surface area contributed by atoms with Crippen molar-refractivity contribution in [2.24, 2.45) is 0 Å². The number of nitrogens with one attached hydrogen (secondary N) is 3. The van der Waals surface area contributed by atoms with E-state index in [0.29, 0.717) is 82.8 Å². The van der Waals surface area contributed by atoms with Crippen LogP contribution in [0.3, 0.4) is 0 Å². The van der Waals surface area contributed by atoms with Gasteiger partial charge in [-0.15, -0.1) is 0 Å². The third kappa shape index (κ3) is 7.24. The number of carbonyl (C=O) groups is 1. The summed E-state index contributed by atoms with van der Waals surface area (Å²) in [6.45, 7) is 5.93. The number of nitrogens with zero attached hydrogens (tertiary/aromatic N) is 5. The summed E-state index contributed by atoms with van der Waals surface area (Å²) in [5, 5.41) is 21.4. The number of fused-ring (bicyclic) bond motifs is 2.